The average Bonchev–Trinajstić information content (AvgIpc) is 3.01. The molecule has 3 heteroatoms. The number of hydrogen-bond acceptors (Lipinski definition) is 3. The fourth-order valence-corrected chi connectivity index (χ4v) is 7.41. The first kappa shape index (κ1) is 17.6. The van der Waals surface area contributed by atoms with Gasteiger partial charge in [0.25, 0.3) is 0 Å². The Morgan fingerprint density at radius 1 is 1.07 bits per heavy atom. The van der Waals surface area contributed by atoms with Crippen LogP contribution in [0.1, 0.15) is 65.0 Å². The van der Waals surface area contributed by atoms with Crippen molar-refractivity contribution in [3.05, 3.63) is 42.0 Å². The monoisotopic (exact) mass is 364 g/mol. The van der Waals surface area contributed by atoms with Crippen LogP contribution >= 0.6 is 0 Å². The summed E-state index contributed by atoms with van der Waals surface area (Å²) < 4.78 is 0. The number of aliphatic hydroxyl groups excluding tert-OH is 1. The van der Waals surface area contributed by atoms with Gasteiger partial charge in [-0.15, -0.1) is 0 Å². The maximum absolute atomic E-state index is 10.2. The molecule has 5 rings (SSSR count). The normalized spacial score (nSPS) is 46.0. The van der Waals surface area contributed by atoms with Crippen LogP contribution in [0.4, 0.5) is 0 Å². The molecule has 2 fully saturated rings. The fourth-order valence-electron chi connectivity index (χ4n) is 7.41. The lowest BCUT2D eigenvalue weighted by molar-refractivity contribution is -0.0426. The number of hydrogen-bond donors (Lipinski definition) is 1. The van der Waals surface area contributed by atoms with Crippen LogP contribution in [-0.4, -0.2) is 21.2 Å². The van der Waals surface area contributed by atoms with E-state index < -0.39 is 0 Å². The van der Waals surface area contributed by atoms with Crippen LogP contribution in [0.25, 0.3) is 5.57 Å². The van der Waals surface area contributed by atoms with Gasteiger partial charge in [-0.1, -0.05) is 38.5 Å². The molecular weight excluding hydrogens is 332 g/mol. The molecule has 1 heterocycles. The standard InChI is InChI=1S/C24H32N2O/c1-15-12-16-13-17(27)6-8-23(16,2)20-7-9-24(3)18(4-5-19(24)22(15)20)21-14-25-10-11-26-21/h4,10-12,14-15,17,19-20,22,27H,5-9,13H2,1-3H3/t15-,17-,19+,20+,22+,23+,24-/m1/s1. The maximum Gasteiger partial charge on any atom is 0.0847 e. The zero-order valence-electron chi connectivity index (χ0n) is 16.9. The summed E-state index contributed by atoms with van der Waals surface area (Å²) in [5, 5.41) is 10.2. The van der Waals surface area contributed by atoms with E-state index in [0.29, 0.717) is 17.3 Å². The third-order valence-corrected chi connectivity index (χ3v) is 8.83. The number of nitrogens with zero attached hydrogens (tertiary/aromatic N) is 2. The number of fused-ring (bicyclic) bond motifs is 5. The molecule has 1 aromatic heterocycles. The molecule has 0 saturated heterocycles. The van der Waals surface area contributed by atoms with Gasteiger partial charge in [0.15, 0.2) is 0 Å². The third kappa shape index (κ3) is 2.43. The van der Waals surface area contributed by atoms with E-state index in [4.69, 9.17) is 0 Å². The van der Waals surface area contributed by atoms with E-state index in [1.54, 1.807) is 11.8 Å². The lowest BCUT2D eigenvalue weighted by Gasteiger charge is -2.59. The molecule has 1 N–H and O–H groups in total. The van der Waals surface area contributed by atoms with Gasteiger partial charge < -0.3 is 5.11 Å². The van der Waals surface area contributed by atoms with Crippen molar-refractivity contribution in [1.82, 2.24) is 9.97 Å². The molecule has 4 aliphatic carbocycles. The molecule has 0 bridgehead atoms. The Bertz CT molecular complexity index is 800. The minimum Gasteiger partial charge on any atom is -0.393 e. The van der Waals surface area contributed by atoms with Gasteiger partial charge >= 0.3 is 0 Å². The number of allylic oxidation sites excluding steroid dienone is 3. The lowest BCUT2D eigenvalue weighted by atomic mass is 9.45. The second-order valence-electron chi connectivity index (χ2n) is 10.1. The van der Waals surface area contributed by atoms with Gasteiger partial charge in [0.2, 0.25) is 0 Å². The predicted molar refractivity (Wildman–Crippen MR) is 108 cm³/mol. The van der Waals surface area contributed by atoms with Crippen molar-refractivity contribution >= 4 is 5.57 Å². The molecule has 27 heavy (non-hydrogen) atoms. The third-order valence-electron chi connectivity index (χ3n) is 8.83. The first-order valence-corrected chi connectivity index (χ1v) is 10.8. The van der Waals surface area contributed by atoms with E-state index in [1.807, 2.05) is 12.4 Å². The Morgan fingerprint density at radius 2 is 1.89 bits per heavy atom. The summed E-state index contributed by atoms with van der Waals surface area (Å²) in [6, 6.07) is 0. The molecule has 0 aliphatic heterocycles. The van der Waals surface area contributed by atoms with Crippen molar-refractivity contribution in [3.63, 3.8) is 0 Å². The van der Waals surface area contributed by atoms with E-state index >= 15 is 0 Å². The van der Waals surface area contributed by atoms with Crippen LogP contribution in [0, 0.1) is 34.5 Å². The van der Waals surface area contributed by atoms with Gasteiger partial charge in [0.1, 0.15) is 0 Å². The zero-order valence-corrected chi connectivity index (χ0v) is 16.9. The summed E-state index contributed by atoms with van der Waals surface area (Å²) in [4.78, 5) is 8.97. The molecule has 0 aromatic carbocycles. The Morgan fingerprint density at radius 3 is 2.67 bits per heavy atom. The van der Waals surface area contributed by atoms with E-state index in [9.17, 15) is 5.11 Å². The van der Waals surface area contributed by atoms with Crippen LogP contribution in [0.15, 0.2) is 36.3 Å². The minimum absolute atomic E-state index is 0.127. The summed E-state index contributed by atoms with van der Waals surface area (Å²) in [6.07, 6.45) is 17.2. The number of aliphatic hydroxyl groups is 1. The molecule has 144 valence electrons. The van der Waals surface area contributed by atoms with E-state index in [1.165, 1.54) is 24.8 Å². The highest BCUT2D eigenvalue weighted by Gasteiger charge is 2.58. The van der Waals surface area contributed by atoms with Crippen LogP contribution in [-0.2, 0) is 0 Å². The van der Waals surface area contributed by atoms with Crippen molar-refractivity contribution in [2.24, 2.45) is 34.5 Å². The molecule has 0 amide bonds. The van der Waals surface area contributed by atoms with Crippen molar-refractivity contribution in [2.75, 3.05) is 0 Å². The van der Waals surface area contributed by atoms with Crippen LogP contribution in [0.5, 0.6) is 0 Å². The average molecular weight is 365 g/mol. The van der Waals surface area contributed by atoms with Gasteiger partial charge in [0, 0.05) is 12.4 Å². The smallest absolute Gasteiger partial charge is 0.0847 e. The Balaban J connectivity index is 1.52. The second kappa shape index (κ2) is 6.01. The molecule has 0 unspecified atom stereocenters. The Labute approximate surface area is 163 Å². The Hall–Kier alpha value is -1.48. The summed E-state index contributed by atoms with van der Waals surface area (Å²) in [6.45, 7) is 7.42. The van der Waals surface area contributed by atoms with Gasteiger partial charge in [-0.05, 0) is 78.6 Å². The molecule has 7 atom stereocenters. The van der Waals surface area contributed by atoms with Gasteiger partial charge in [-0.2, -0.15) is 0 Å². The summed E-state index contributed by atoms with van der Waals surface area (Å²) in [5.74, 6) is 2.79. The summed E-state index contributed by atoms with van der Waals surface area (Å²) >= 11 is 0. The number of rotatable bonds is 1. The Kier molecular flexibility index (Phi) is 3.92. The highest BCUT2D eigenvalue weighted by Crippen LogP contribution is 2.67. The second-order valence-corrected chi connectivity index (χ2v) is 10.1. The van der Waals surface area contributed by atoms with Crippen molar-refractivity contribution in [3.8, 4) is 0 Å². The summed E-state index contributed by atoms with van der Waals surface area (Å²) in [7, 11) is 0. The topological polar surface area (TPSA) is 46.0 Å². The van der Waals surface area contributed by atoms with Crippen molar-refractivity contribution in [2.45, 2.75) is 65.4 Å². The van der Waals surface area contributed by atoms with Crippen LogP contribution in [0.2, 0.25) is 0 Å². The molecular formula is C24H32N2O. The fraction of sp³-hybridized carbons (Fsp3) is 0.667. The van der Waals surface area contributed by atoms with E-state index in [2.05, 4.69) is 42.9 Å². The minimum atomic E-state index is -0.127. The number of aromatic nitrogens is 2. The largest absolute Gasteiger partial charge is 0.393 e. The molecule has 3 nitrogen and oxygen atoms in total. The first-order valence-electron chi connectivity index (χ1n) is 10.8. The lowest BCUT2D eigenvalue weighted by Crippen LogP contribution is -2.52. The van der Waals surface area contributed by atoms with Gasteiger partial charge in [0.05, 0.1) is 18.0 Å². The quantitative estimate of drug-likeness (QED) is 0.710. The molecule has 0 radical (unpaired) electrons. The first-order chi connectivity index (χ1) is 12.9. The SMILES string of the molecule is C[C@@H]1C=C2C[C@H](O)CC[C@]2(C)[C@H]2CC[C@]3(C)C(c4cnccn4)=CC[C@H]3[C@H]12. The van der Waals surface area contributed by atoms with Gasteiger partial charge in [-0.25, -0.2) is 0 Å². The van der Waals surface area contributed by atoms with Crippen LogP contribution in [0.3, 0.4) is 0 Å². The summed E-state index contributed by atoms with van der Waals surface area (Å²) in [5.41, 5.74) is 4.59. The van der Waals surface area contributed by atoms with Gasteiger partial charge in [-0.3, -0.25) is 9.97 Å². The van der Waals surface area contributed by atoms with E-state index in [0.717, 1.165) is 36.8 Å². The molecule has 0 spiro atoms. The maximum atomic E-state index is 10.2. The molecule has 2 saturated carbocycles. The van der Waals surface area contributed by atoms with Crippen LogP contribution < -0.4 is 0 Å². The zero-order chi connectivity index (χ0) is 18.8. The van der Waals surface area contributed by atoms with Crippen molar-refractivity contribution < 1.29 is 5.11 Å². The predicted octanol–water partition coefficient (Wildman–Crippen LogP) is 5.04. The van der Waals surface area contributed by atoms with Crippen molar-refractivity contribution in [1.29, 1.82) is 0 Å². The molecule has 4 aliphatic rings. The highest BCUT2D eigenvalue weighted by molar-refractivity contribution is 5.70. The van der Waals surface area contributed by atoms with E-state index in [-0.39, 0.29) is 11.5 Å². The highest BCUT2D eigenvalue weighted by atomic mass is 16.3. The molecule has 1 aromatic rings.